The van der Waals surface area contributed by atoms with E-state index in [2.05, 4.69) is 0 Å². The zero-order valence-corrected chi connectivity index (χ0v) is 8.60. The van der Waals surface area contributed by atoms with Crippen LogP contribution in [0.3, 0.4) is 0 Å². The Labute approximate surface area is 87.8 Å². The third-order valence-corrected chi connectivity index (χ3v) is 2.09. The summed E-state index contributed by atoms with van der Waals surface area (Å²) in [6.07, 6.45) is 1.16. The van der Waals surface area contributed by atoms with E-state index in [1.165, 1.54) is 14.2 Å². The summed E-state index contributed by atoms with van der Waals surface area (Å²) in [6.45, 7) is 0. The SMILES string of the molecule is COc1ccc(C(C=O)C=O)c(OC)c1. The van der Waals surface area contributed by atoms with Gasteiger partial charge < -0.3 is 19.1 Å². The molecule has 0 atom stereocenters. The van der Waals surface area contributed by atoms with Gasteiger partial charge in [-0.1, -0.05) is 6.07 Å². The average Bonchev–Trinajstić information content (AvgIpc) is 2.31. The van der Waals surface area contributed by atoms with E-state index >= 15 is 0 Å². The minimum Gasteiger partial charge on any atom is -0.497 e. The normalized spacial score (nSPS) is 9.80. The predicted molar refractivity (Wildman–Crippen MR) is 54.4 cm³/mol. The highest BCUT2D eigenvalue weighted by atomic mass is 16.5. The summed E-state index contributed by atoms with van der Waals surface area (Å²) in [6, 6.07) is 4.96. The second-order valence-corrected chi connectivity index (χ2v) is 2.91. The van der Waals surface area contributed by atoms with E-state index in [0.29, 0.717) is 29.6 Å². The standard InChI is InChI=1S/C11H12O4/c1-14-9-3-4-10(8(6-12)7-13)11(5-9)15-2/h3-8H,1-2H3. The summed E-state index contributed by atoms with van der Waals surface area (Å²) in [5.74, 6) is 0.301. The monoisotopic (exact) mass is 208 g/mol. The van der Waals surface area contributed by atoms with Gasteiger partial charge in [-0.05, 0) is 6.07 Å². The molecule has 15 heavy (non-hydrogen) atoms. The molecular formula is C11H12O4. The zero-order chi connectivity index (χ0) is 11.3. The van der Waals surface area contributed by atoms with Gasteiger partial charge in [0.15, 0.2) is 0 Å². The maximum Gasteiger partial charge on any atom is 0.134 e. The van der Waals surface area contributed by atoms with Gasteiger partial charge in [-0.15, -0.1) is 0 Å². The number of carbonyl (C=O) groups excluding carboxylic acids is 2. The second-order valence-electron chi connectivity index (χ2n) is 2.91. The number of methoxy groups -OCH3 is 2. The molecule has 0 bridgehead atoms. The molecule has 0 spiro atoms. The first kappa shape index (κ1) is 11.2. The molecule has 0 aliphatic heterocycles. The van der Waals surface area contributed by atoms with Crippen molar-refractivity contribution in [2.24, 2.45) is 0 Å². The van der Waals surface area contributed by atoms with Crippen LogP contribution in [-0.2, 0) is 9.59 Å². The summed E-state index contributed by atoms with van der Waals surface area (Å²) < 4.78 is 10.1. The predicted octanol–water partition coefficient (Wildman–Crippen LogP) is 1.19. The Morgan fingerprint density at radius 3 is 2.27 bits per heavy atom. The molecule has 4 heteroatoms. The van der Waals surface area contributed by atoms with Gasteiger partial charge in [-0.25, -0.2) is 0 Å². The minimum absolute atomic E-state index is 0.471. The molecule has 0 aliphatic carbocycles. The van der Waals surface area contributed by atoms with E-state index in [1.807, 2.05) is 0 Å². The van der Waals surface area contributed by atoms with E-state index in [0.717, 1.165) is 0 Å². The molecule has 0 unspecified atom stereocenters. The van der Waals surface area contributed by atoms with E-state index in [-0.39, 0.29) is 0 Å². The smallest absolute Gasteiger partial charge is 0.134 e. The molecule has 0 radical (unpaired) electrons. The number of carbonyl (C=O) groups is 2. The van der Waals surface area contributed by atoms with Crippen LogP contribution in [0.5, 0.6) is 11.5 Å². The molecule has 0 amide bonds. The minimum atomic E-state index is -0.786. The molecular weight excluding hydrogens is 196 g/mol. The fourth-order valence-corrected chi connectivity index (χ4v) is 1.27. The molecule has 1 rings (SSSR count). The van der Waals surface area contributed by atoms with Gasteiger partial charge in [0.1, 0.15) is 24.1 Å². The Bertz CT molecular complexity index is 352. The molecule has 0 fully saturated rings. The van der Waals surface area contributed by atoms with Gasteiger partial charge in [0, 0.05) is 11.6 Å². The molecule has 0 saturated heterocycles. The lowest BCUT2D eigenvalue weighted by atomic mass is 10.0. The number of hydrogen-bond acceptors (Lipinski definition) is 4. The van der Waals surface area contributed by atoms with Crippen molar-refractivity contribution in [3.8, 4) is 11.5 Å². The van der Waals surface area contributed by atoms with E-state index in [1.54, 1.807) is 18.2 Å². The molecule has 4 nitrogen and oxygen atoms in total. The molecule has 0 N–H and O–H groups in total. The van der Waals surface area contributed by atoms with Crippen LogP contribution in [0.4, 0.5) is 0 Å². The lowest BCUT2D eigenvalue weighted by molar-refractivity contribution is -0.116. The Kier molecular flexibility index (Phi) is 3.85. The van der Waals surface area contributed by atoms with Crippen molar-refractivity contribution >= 4 is 12.6 Å². The number of rotatable bonds is 5. The van der Waals surface area contributed by atoms with Crippen LogP contribution in [0.2, 0.25) is 0 Å². The molecule has 0 heterocycles. The van der Waals surface area contributed by atoms with Crippen LogP contribution in [0.1, 0.15) is 11.5 Å². The lowest BCUT2D eigenvalue weighted by Gasteiger charge is -2.11. The number of ether oxygens (including phenoxy) is 2. The molecule has 0 saturated carbocycles. The fraction of sp³-hybridized carbons (Fsp3) is 0.273. The van der Waals surface area contributed by atoms with Crippen molar-refractivity contribution in [2.75, 3.05) is 14.2 Å². The average molecular weight is 208 g/mol. The summed E-state index contributed by atoms with van der Waals surface area (Å²) in [5.41, 5.74) is 0.545. The Morgan fingerprint density at radius 2 is 1.80 bits per heavy atom. The first-order valence-corrected chi connectivity index (χ1v) is 4.39. The molecule has 80 valence electrons. The lowest BCUT2D eigenvalue weighted by Crippen LogP contribution is -2.04. The summed E-state index contributed by atoms with van der Waals surface area (Å²) in [4.78, 5) is 21.3. The quantitative estimate of drug-likeness (QED) is 0.538. The largest absolute Gasteiger partial charge is 0.497 e. The second kappa shape index (κ2) is 5.14. The van der Waals surface area contributed by atoms with Crippen molar-refractivity contribution in [1.29, 1.82) is 0 Å². The summed E-state index contributed by atoms with van der Waals surface area (Å²) in [5, 5.41) is 0. The Hall–Kier alpha value is -1.84. The topological polar surface area (TPSA) is 52.6 Å². The number of aldehydes is 2. The molecule has 0 aliphatic rings. The van der Waals surface area contributed by atoms with E-state index < -0.39 is 5.92 Å². The van der Waals surface area contributed by atoms with Crippen molar-refractivity contribution in [3.63, 3.8) is 0 Å². The third-order valence-electron chi connectivity index (χ3n) is 2.09. The zero-order valence-electron chi connectivity index (χ0n) is 8.60. The van der Waals surface area contributed by atoms with Crippen molar-refractivity contribution in [3.05, 3.63) is 23.8 Å². The number of benzene rings is 1. The summed E-state index contributed by atoms with van der Waals surface area (Å²) in [7, 11) is 3.01. The van der Waals surface area contributed by atoms with Gasteiger partial charge in [0.05, 0.1) is 20.1 Å². The van der Waals surface area contributed by atoms with E-state index in [4.69, 9.17) is 9.47 Å². The molecule has 0 aromatic heterocycles. The highest BCUT2D eigenvalue weighted by molar-refractivity contribution is 5.86. The molecule has 1 aromatic rings. The van der Waals surface area contributed by atoms with Gasteiger partial charge >= 0.3 is 0 Å². The van der Waals surface area contributed by atoms with Gasteiger partial charge in [0.25, 0.3) is 0 Å². The maximum absolute atomic E-state index is 10.6. The molecule has 1 aromatic carbocycles. The highest BCUT2D eigenvalue weighted by Gasteiger charge is 2.14. The highest BCUT2D eigenvalue weighted by Crippen LogP contribution is 2.28. The number of hydrogen-bond donors (Lipinski definition) is 0. The first-order valence-electron chi connectivity index (χ1n) is 4.39. The third kappa shape index (κ3) is 2.34. The van der Waals surface area contributed by atoms with Crippen LogP contribution in [0, 0.1) is 0 Å². The van der Waals surface area contributed by atoms with Gasteiger partial charge in [0.2, 0.25) is 0 Å². The van der Waals surface area contributed by atoms with Crippen LogP contribution in [-0.4, -0.2) is 26.8 Å². The van der Waals surface area contributed by atoms with Crippen LogP contribution in [0.25, 0.3) is 0 Å². The van der Waals surface area contributed by atoms with Crippen molar-refractivity contribution in [1.82, 2.24) is 0 Å². The van der Waals surface area contributed by atoms with Crippen molar-refractivity contribution in [2.45, 2.75) is 5.92 Å². The van der Waals surface area contributed by atoms with E-state index in [9.17, 15) is 9.59 Å². The fourth-order valence-electron chi connectivity index (χ4n) is 1.27. The van der Waals surface area contributed by atoms with Crippen molar-refractivity contribution < 1.29 is 19.1 Å². The Morgan fingerprint density at radius 1 is 1.13 bits per heavy atom. The first-order chi connectivity index (χ1) is 7.26. The summed E-state index contributed by atoms with van der Waals surface area (Å²) >= 11 is 0. The van der Waals surface area contributed by atoms with Crippen LogP contribution in [0.15, 0.2) is 18.2 Å². The van der Waals surface area contributed by atoms with Crippen LogP contribution >= 0.6 is 0 Å². The van der Waals surface area contributed by atoms with Gasteiger partial charge in [-0.2, -0.15) is 0 Å². The maximum atomic E-state index is 10.6. The van der Waals surface area contributed by atoms with Crippen LogP contribution < -0.4 is 9.47 Å². The van der Waals surface area contributed by atoms with Gasteiger partial charge in [-0.3, -0.25) is 0 Å². The Balaban J connectivity index is 3.16.